The van der Waals surface area contributed by atoms with Crippen LogP contribution in [0.5, 0.6) is 0 Å². The van der Waals surface area contributed by atoms with Crippen LogP contribution in [0.15, 0.2) is 10.2 Å². The number of hydrogen-bond acceptors (Lipinski definition) is 17. The first-order chi connectivity index (χ1) is 26.5. The summed E-state index contributed by atoms with van der Waals surface area (Å²) in [6.45, 7) is 4.89. The molecule has 2 aliphatic heterocycles. The first kappa shape index (κ1) is 56.4. The molecule has 0 radical (unpaired) electrons. The second kappa shape index (κ2) is 25.7. The monoisotopic (exact) mass is 856 g/mol. The summed E-state index contributed by atoms with van der Waals surface area (Å²) < 4.78 is 83.5. The topological polar surface area (TPSA) is 350 Å². The third kappa shape index (κ3) is 14.3. The molecule has 2 fully saturated rings. The Balaban J connectivity index is 0. The zero-order valence-electron chi connectivity index (χ0n) is 32.6. The first-order valence-electron chi connectivity index (χ1n) is 16.6. The number of methoxy groups -OCH3 is 1. The van der Waals surface area contributed by atoms with Crippen LogP contribution in [0.3, 0.4) is 0 Å². The van der Waals surface area contributed by atoms with Gasteiger partial charge >= 0.3 is 65.1 Å². The molecule has 0 amide bonds. The SMILES string of the molecule is CC(=O)C[C@H]1C([C@H](O)[C@H](O)CO)O[C@@](F)(C(=O)O)C(F)[C@H]1N=[N+]=[N-].CC[C@@H](OC(C)=O)[C@@H](OC(C)=O)C1O[C@@](F)(C(=O)OC)C(F)[C@@H](N=[N+]=[N-])[C@H]1CC(C)=O.C[O-].[Na+]. The van der Waals surface area contributed by atoms with Gasteiger partial charge in [-0.2, -0.15) is 15.9 Å². The number of alkyl halides is 4. The molecule has 4 N–H and O–H groups in total. The minimum absolute atomic E-state index is 0. The number of aliphatic carboxylic acids is 1. The van der Waals surface area contributed by atoms with Gasteiger partial charge in [-0.15, -0.1) is 0 Å². The summed E-state index contributed by atoms with van der Waals surface area (Å²) in [6.07, 6.45) is -17.1. The average Bonchev–Trinajstić information content (AvgIpc) is 3.15. The number of aliphatic hydroxyl groups is 3. The predicted octanol–water partition coefficient (Wildman–Crippen LogP) is -2.45. The number of rotatable bonds is 16. The van der Waals surface area contributed by atoms with Crippen LogP contribution >= 0.6 is 0 Å². The number of aliphatic hydroxyl groups excluding tert-OH is 3. The van der Waals surface area contributed by atoms with Gasteiger partial charge in [-0.3, -0.25) is 9.59 Å². The molecule has 324 valence electrons. The summed E-state index contributed by atoms with van der Waals surface area (Å²) in [6, 6.07) is -3.89. The minimum Gasteiger partial charge on any atom is -0.857 e. The van der Waals surface area contributed by atoms with Crippen LogP contribution in [0, 0.1) is 11.8 Å². The van der Waals surface area contributed by atoms with Crippen molar-refractivity contribution in [2.24, 2.45) is 22.1 Å². The maximum absolute atomic E-state index is 15.4. The Bertz CT molecular complexity index is 1530. The third-order valence-corrected chi connectivity index (χ3v) is 8.45. The van der Waals surface area contributed by atoms with Crippen molar-refractivity contribution in [3.63, 3.8) is 0 Å². The average molecular weight is 857 g/mol. The Morgan fingerprint density at radius 2 is 1.24 bits per heavy atom. The molecule has 58 heavy (non-hydrogen) atoms. The third-order valence-electron chi connectivity index (χ3n) is 8.45. The molecular formula is C31H45F4N6NaO16. The summed E-state index contributed by atoms with van der Waals surface area (Å²) >= 11 is 0. The number of carboxylic acids is 1. The Morgan fingerprint density at radius 1 is 0.828 bits per heavy atom. The number of carbonyl (C=O) groups is 6. The van der Waals surface area contributed by atoms with Crippen LogP contribution in [0.4, 0.5) is 17.6 Å². The number of hydrogen-bond donors (Lipinski definition) is 4. The minimum atomic E-state index is -3.97. The van der Waals surface area contributed by atoms with Gasteiger partial charge in [0.25, 0.3) is 0 Å². The van der Waals surface area contributed by atoms with E-state index in [1.165, 1.54) is 0 Å². The molecule has 0 aliphatic carbocycles. The van der Waals surface area contributed by atoms with Crippen molar-refractivity contribution < 1.29 is 125 Å². The molecule has 22 nitrogen and oxygen atoms in total. The van der Waals surface area contributed by atoms with Crippen LogP contribution in [0.1, 0.15) is 53.9 Å². The zero-order chi connectivity index (χ0) is 44.6. The van der Waals surface area contributed by atoms with Gasteiger partial charge in [-0.1, -0.05) is 17.2 Å². The second-order valence-electron chi connectivity index (χ2n) is 12.5. The van der Waals surface area contributed by atoms with Gasteiger partial charge in [-0.25, -0.2) is 18.4 Å². The van der Waals surface area contributed by atoms with Crippen molar-refractivity contribution in [1.82, 2.24) is 0 Å². The maximum Gasteiger partial charge on any atom is 1.00 e. The van der Waals surface area contributed by atoms with E-state index < -0.39 is 139 Å². The molecule has 2 saturated heterocycles. The predicted molar refractivity (Wildman–Crippen MR) is 177 cm³/mol. The molecule has 0 aromatic carbocycles. The van der Waals surface area contributed by atoms with Gasteiger partial charge in [0.1, 0.15) is 36.0 Å². The van der Waals surface area contributed by atoms with E-state index in [0.29, 0.717) is 0 Å². The van der Waals surface area contributed by atoms with Crippen LogP contribution < -0.4 is 34.7 Å². The summed E-state index contributed by atoms with van der Waals surface area (Å²) in [7, 11) is 1.54. The number of carbonyl (C=O) groups excluding carboxylic acids is 5. The van der Waals surface area contributed by atoms with Crippen LogP contribution in [-0.2, 0) is 52.5 Å². The van der Waals surface area contributed by atoms with Crippen LogP contribution in [-0.4, -0.2) is 149 Å². The second-order valence-corrected chi connectivity index (χ2v) is 12.5. The fourth-order valence-corrected chi connectivity index (χ4v) is 6.08. The van der Waals surface area contributed by atoms with Gasteiger partial charge < -0.3 is 58.8 Å². The van der Waals surface area contributed by atoms with Crippen LogP contribution in [0.2, 0.25) is 0 Å². The van der Waals surface area contributed by atoms with Crippen molar-refractivity contribution in [2.45, 2.75) is 127 Å². The number of Topliss-reactive ketones (excluding diaryl/α,β-unsaturated/α-hetero) is 2. The van der Waals surface area contributed by atoms with E-state index in [2.05, 4.69) is 29.5 Å². The maximum atomic E-state index is 15.4. The van der Waals surface area contributed by atoms with Gasteiger partial charge in [0.05, 0.1) is 31.9 Å². The molecule has 2 heterocycles. The first-order valence-corrected chi connectivity index (χ1v) is 16.6. The number of ether oxygens (including phenoxy) is 5. The van der Waals surface area contributed by atoms with Crippen molar-refractivity contribution in [2.75, 3.05) is 20.8 Å². The molecule has 2 aliphatic rings. The number of esters is 3. The van der Waals surface area contributed by atoms with Gasteiger partial charge in [-0.05, 0) is 31.3 Å². The van der Waals surface area contributed by atoms with Gasteiger partial charge in [0.2, 0.25) is 0 Å². The Labute approximate surface area is 350 Å². The number of azide groups is 2. The molecule has 14 atom stereocenters. The van der Waals surface area contributed by atoms with Crippen molar-refractivity contribution in [1.29, 1.82) is 0 Å². The molecule has 0 aromatic heterocycles. The molecule has 0 spiro atoms. The number of ketones is 2. The summed E-state index contributed by atoms with van der Waals surface area (Å²) in [5.41, 5.74) is 17.4. The van der Waals surface area contributed by atoms with Gasteiger partial charge in [0, 0.05) is 48.3 Å². The van der Waals surface area contributed by atoms with E-state index in [1.54, 1.807) is 6.92 Å². The van der Waals surface area contributed by atoms with Crippen molar-refractivity contribution in [3.05, 3.63) is 20.9 Å². The molecule has 0 bridgehead atoms. The van der Waals surface area contributed by atoms with E-state index in [-0.39, 0.29) is 36.0 Å². The number of carboxylic acid groups (broad SMARTS) is 1. The van der Waals surface area contributed by atoms with Gasteiger partial charge in [0.15, 0.2) is 18.4 Å². The van der Waals surface area contributed by atoms with E-state index in [4.69, 9.17) is 40.6 Å². The van der Waals surface area contributed by atoms with Crippen molar-refractivity contribution in [3.8, 4) is 0 Å². The number of halogens is 4. The summed E-state index contributed by atoms with van der Waals surface area (Å²) in [4.78, 5) is 74.3. The fourth-order valence-electron chi connectivity index (χ4n) is 6.08. The van der Waals surface area contributed by atoms with E-state index >= 15 is 8.78 Å². The van der Waals surface area contributed by atoms with Crippen molar-refractivity contribution >= 4 is 35.4 Å². The fraction of sp³-hybridized carbons (Fsp3) is 0.806. The summed E-state index contributed by atoms with van der Waals surface area (Å²) in [5, 5.41) is 51.7. The molecule has 2 rings (SSSR count). The largest absolute Gasteiger partial charge is 1.00 e. The standard InChI is InChI=1S/C18H25F2N3O8.C12H17F2N3O7.CH3O.Na/c1-6-12(29-9(3)25)15(30-10(4)26)14-11(7-8(2)24)13(22-23-21)16(19)18(20,31-14)17(27)28-5;1-4(19)2-5-7(16-17-15)10(13)12(14,11(22)23)24-9(5)8(21)6(20)3-18;1-2;/h11-16H,6-7H2,1-5H3;5-10,18,20-21H,2-3H2,1H3,(H,22,23);1H3;/q;;-1;+1/t11-,12-,13+,14?,15-,16?,18-;5-,6-,7+,8-,9?,10?,12-;;/m11../s1. The molecule has 0 aromatic rings. The molecule has 0 saturated carbocycles. The molecule has 4 unspecified atom stereocenters. The van der Waals surface area contributed by atoms with E-state index in [9.17, 15) is 47.8 Å². The van der Waals surface area contributed by atoms with E-state index in [1.807, 2.05) is 0 Å². The number of nitrogens with zero attached hydrogens (tertiary/aromatic N) is 6. The quantitative estimate of drug-likeness (QED) is 0.0238. The smallest absolute Gasteiger partial charge is 0.857 e. The van der Waals surface area contributed by atoms with Crippen LogP contribution in [0.25, 0.3) is 20.9 Å². The zero-order valence-corrected chi connectivity index (χ0v) is 34.6. The normalized spacial score (nSPS) is 30.7. The van der Waals surface area contributed by atoms with E-state index in [0.717, 1.165) is 41.9 Å². The molecule has 27 heteroatoms. The Kier molecular flexibility index (Phi) is 25.0. The molecular weight excluding hydrogens is 811 g/mol. The summed E-state index contributed by atoms with van der Waals surface area (Å²) in [5.74, 6) is -17.4. The Hall–Kier alpha value is -3.68. The Morgan fingerprint density at radius 3 is 1.59 bits per heavy atom.